The number of aromatic nitrogens is 1. The van der Waals surface area contributed by atoms with Gasteiger partial charge in [0.2, 0.25) is 0 Å². The van der Waals surface area contributed by atoms with E-state index in [0.717, 1.165) is 26.6 Å². The van der Waals surface area contributed by atoms with E-state index in [1.54, 1.807) is 11.3 Å². The van der Waals surface area contributed by atoms with Crippen LogP contribution in [0.2, 0.25) is 0 Å². The highest BCUT2D eigenvalue weighted by atomic mass is 32.1. The summed E-state index contributed by atoms with van der Waals surface area (Å²) in [5.74, 6) is 0.0125. The van der Waals surface area contributed by atoms with E-state index in [0.29, 0.717) is 18.8 Å². The molecule has 0 aliphatic carbocycles. The Hall–Kier alpha value is -3.44. The van der Waals surface area contributed by atoms with E-state index < -0.39 is 0 Å². The van der Waals surface area contributed by atoms with Crippen LogP contribution in [0.1, 0.15) is 24.3 Å². The molecule has 4 nitrogen and oxygen atoms in total. The Balaban J connectivity index is 2.07. The quantitative estimate of drug-likeness (QED) is 0.376. The molecule has 0 bridgehead atoms. The normalized spacial score (nSPS) is 11.5. The van der Waals surface area contributed by atoms with Gasteiger partial charge in [-0.1, -0.05) is 78.1 Å². The zero-order chi connectivity index (χ0) is 21.6. The standard InChI is InChI=1S/C26H25N3OS/c1-3-28(4-2)25(30)23-24(20-14-8-5-9-15-20)31-26(27-21-16-10-6-11-17-21)29(23)22-18-12-7-13-19-22/h5-19H,3-4H2,1-2H3. The van der Waals surface area contributed by atoms with E-state index in [-0.39, 0.29) is 5.91 Å². The summed E-state index contributed by atoms with van der Waals surface area (Å²) in [7, 11) is 0. The predicted octanol–water partition coefficient (Wildman–Crippen LogP) is 5.92. The van der Waals surface area contributed by atoms with Gasteiger partial charge in [0.1, 0.15) is 5.69 Å². The first-order valence-electron chi connectivity index (χ1n) is 10.5. The maximum Gasteiger partial charge on any atom is 0.272 e. The Morgan fingerprint density at radius 3 is 1.97 bits per heavy atom. The van der Waals surface area contributed by atoms with E-state index in [1.165, 1.54) is 0 Å². The molecule has 5 heteroatoms. The number of carbonyl (C=O) groups excluding carboxylic acids is 1. The minimum Gasteiger partial charge on any atom is -0.338 e. The smallest absolute Gasteiger partial charge is 0.272 e. The molecule has 0 saturated heterocycles. The fourth-order valence-electron chi connectivity index (χ4n) is 3.52. The molecule has 1 aromatic heterocycles. The maximum absolute atomic E-state index is 13.7. The third-order valence-electron chi connectivity index (χ3n) is 5.11. The van der Waals surface area contributed by atoms with Crippen molar-refractivity contribution >= 4 is 22.9 Å². The Morgan fingerprint density at radius 2 is 1.39 bits per heavy atom. The summed E-state index contributed by atoms with van der Waals surface area (Å²) < 4.78 is 2.00. The van der Waals surface area contributed by atoms with Gasteiger partial charge in [-0.15, -0.1) is 0 Å². The van der Waals surface area contributed by atoms with E-state index in [2.05, 4.69) is 0 Å². The molecular formula is C26H25N3OS. The molecule has 4 rings (SSSR count). The van der Waals surface area contributed by atoms with Crippen LogP contribution in [0, 0.1) is 0 Å². The summed E-state index contributed by atoms with van der Waals surface area (Å²) >= 11 is 1.54. The number of carbonyl (C=O) groups is 1. The molecule has 0 unspecified atom stereocenters. The van der Waals surface area contributed by atoms with Crippen LogP contribution in [-0.2, 0) is 0 Å². The number of nitrogens with zero attached hydrogens (tertiary/aromatic N) is 3. The zero-order valence-electron chi connectivity index (χ0n) is 17.7. The number of benzene rings is 3. The van der Waals surface area contributed by atoms with E-state index >= 15 is 0 Å². The zero-order valence-corrected chi connectivity index (χ0v) is 18.5. The van der Waals surface area contributed by atoms with Gasteiger partial charge in [-0.3, -0.25) is 9.36 Å². The fraction of sp³-hybridized carbons (Fsp3) is 0.154. The van der Waals surface area contributed by atoms with Crippen molar-refractivity contribution in [3.63, 3.8) is 0 Å². The molecule has 1 heterocycles. The SMILES string of the molecule is CCN(CC)C(=O)c1c(-c2ccccc2)sc(=Nc2ccccc2)n1-c1ccccc1. The van der Waals surface area contributed by atoms with Crippen LogP contribution in [0.15, 0.2) is 96.0 Å². The average molecular weight is 428 g/mol. The molecule has 156 valence electrons. The highest BCUT2D eigenvalue weighted by Crippen LogP contribution is 2.30. The minimum absolute atomic E-state index is 0.0125. The monoisotopic (exact) mass is 427 g/mol. The highest BCUT2D eigenvalue weighted by Gasteiger charge is 2.25. The minimum atomic E-state index is 0.0125. The summed E-state index contributed by atoms with van der Waals surface area (Å²) in [4.78, 5) is 22.2. The summed E-state index contributed by atoms with van der Waals surface area (Å²) in [5.41, 5.74) is 3.45. The van der Waals surface area contributed by atoms with Gasteiger partial charge in [0.05, 0.1) is 10.6 Å². The van der Waals surface area contributed by atoms with Gasteiger partial charge in [0.25, 0.3) is 5.91 Å². The lowest BCUT2D eigenvalue weighted by atomic mass is 10.1. The third-order valence-corrected chi connectivity index (χ3v) is 6.20. The summed E-state index contributed by atoms with van der Waals surface area (Å²) in [6.07, 6.45) is 0. The Kier molecular flexibility index (Phi) is 6.43. The lowest BCUT2D eigenvalue weighted by Crippen LogP contribution is -2.33. The molecule has 4 aromatic rings. The average Bonchev–Trinajstić information content (AvgIpc) is 3.20. The van der Waals surface area contributed by atoms with Crippen molar-refractivity contribution in [2.24, 2.45) is 4.99 Å². The van der Waals surface area contributed by atoms with Gasteiger partial charge in [-0.05, 0) is 43.7 Å². The predicted molar refractivity (Wildman–Crippen MR) is 128 cm³/mol. The Morgan fingerprint density at radius 1 is 0.839 bits per heavy atom. The molecule has 0 spiro atoms. The maximum atomic E-state index is 13.7. The first-order chi connectivity index (χ1) is 15.2. The van der Waals surface area contributed by atoms with Gasteiger partial charge >= 0.3 is 0 Å². The Labute approximate surface area is 186 Å². The molecule has 3 aromatic carbocycles. The molecule has 0 N–H and O–H groups in total. The molecule has 0 atom stereocenters. The summed E-state index contributed by atoms with van der Waals surface area (Å²) in [5, 5.41) is 0. The first kappa shape index (κ1) is 20.8. The van der Waals surface area contributed by atoms with Crippen LogP contribution in [0.4, 0.5) is 5.69 Å². The second kappa shape index (κ2) is 9.58. The van der Waals surface area contributed by atoms with E-state index in [1.807, 2.05) is 114 Å². The van der Waals surface area contributed by atoms with Crippen LogP contribution >= 0.6 is 11.3 Å². The van der Waals surface area contributed by atoms with Crippen molar-refractivity contribution < 1.29 is 4.79 Å². The number of hydrogen-bond acceptors (Lipinski definition) is 3. The van der Waals surface area contributed by atoms with Crippen LogP contribution in [0.3, 0.4) is 0 Å². The van der Waals surface area contributed by atoms with Gasteiger partial charge < -0.3 is 4.90 Å². The fourth-order valence-corrected chi connectivity index (χ4v) is 4.67. The number of thiazole rings is 1. The topological polar surface area (TPSA) is 37.6 Å². The second-order valence-corrected chi connectivity index (χ2v) is 8.00. The molecule has 31 heavy (non-hydrogen) atoms. The van der Waals surface area contributed by atoms with Crippen molar-refractivity contribution in [1.82, 2.24) is 9.47 Å². The second-order valence-electron chi connectivity index (χ2n) is 7.02. The largest absolute Gasteiger partial charge is 0.338 e. The van der Waals surface area contributed by atoms with Crippen LogP contribution in [0.5, 0.6) is 0 Å². The molecule has 0 fully saturated rings. The van der Waals surface area contributed by atoms with Crippen molar-refractivity contribution in [1.29, 1.82) is 0 Å². The summed E-state index contributed by atoms with van der Waals surface area (Å²) in [6.45, 7) is 5.33. The van der Waals surface area contributed by atoms with Crippen LogP contribution in [-0.4, -0.2) is 28.5 Å². The lowest BCUT2D eigenvalue weighted by Gasteiger charge is -2.20. The Bertz CT molecular complexity index is 1210. The number of hydrogen-bond donors (Lipinski definition) is 0. The molecule has 0 aliphatic rings. The number of para-hydroxylation sites is 2. The number of rotatable bonds is 6. The van der Waals surface area contributed by atoms with Gasteiger partial charge in [0.15, 0.2) is 4.80 Å². The molecule has 0 saturated carbocycles. The lowest BCUT2D eigenvalue weighted by molar-refractivity contribution is 0.0765. The van der Waals surface area contributed by atoms with Crippen LogP contribution < -0.4 is 4.80 Å². The van der Waals surface area contributed by atoms with Crippen molar-refractivity contribution in [3.8, 4) is 16.1 Å². The van der Waals surface area contributed by atoms with E-state index in [4.69, 9.17) is 4.99 Å². The number of amides is 1. The van der Waals surface area contributed by atoms with Crippen molar-refractivity contribution in [2.75, 3.05) is 13.1 Å². The van der Waals surface area contributed by atoms with Gasteiger partial charge in [-0.2, -0.15) is 0 Å². The first-order valence-corrected chi connectivity index (χ1v) is 11.3. The van der Waals surface area contributed by atoms with Gasteiger partial charge in [0, 0.05) is 18.8 Å². The van der Waals surface area contributed by atoms with Gasteiger partial charge in [-0.25, -0.2) is 4.99 Å². The highest BCUT2D eigenvalue weighted by molar-refractivity contribution is 7.13. The molecule has 0 aliphatic heterocycles. The molecule has 0 radical (unpaired) electrons. The van der Waals surface area contributed by atoms with Crippen molar-refractivity contribution in [3.05, 3.63) is 101 Å². The third kappa shape index (κ3) is 4.37. The molecular weight excluding hydrogens is 402 g/mol. The van der Waals surface area contributed by atoms with E-state index in [9.17, 15) is 4.79 Å². The van der Waals surface area contributed by atoms with Crippen molar-refractivity contribution in [2.45, 2.75) is 13.8 Å². The summed E-state index contributed by atoms with van der Waals surface area (Å²) in [6, 6.07) is 29.9. The van der Waals surface area contributed by atoms with Crippen LogP contribution in [0.25, 0.3) is 16.1 Å². The molecule has 1 amide bonds.